The predicted octanol–water partition coefficient (Wildman–Crippen LogP) is 1.96. The second kappa shape index (κ2) is 5.17. The zero-order valence-electron chi connectivity index (χ0n) is 9.47. The molecule has 0 saturated heterocycles. The van der Waals surface area contributed by atoms with Crippen LogP contribution in [0.15, 0.2) is 11.4 Å². The molecule has 1 aromatic heterocycles. The number of carbonyl (C=O) groups is 1. The molecule has 0 spiro atoms. The lowest BCUT2D eigenvalue weighted by Gasteiger charge is -2.34. The summed E-state index contributed by atoms with van der Waals surface area (Å²) >= 11 is 1.78. The third-order valence-electron chi connectivity index (χ3n) is 2.95. The number of hydrogen-bond donors (Lipinski definition) is 1. The Bertz CT molecular complexity index is 378. The van der Waals surface area contributed by atoms with Crippen molar-refractivity contribution in [3.05, 3.63) is 21.9 Å². The van der Waals surface area contributed by atoms with E-state index in [9.17, 15) is 4.79 Å². The molecule has 1 unspecified atom stereocenters. The number of thiophene rings is 1. The molecular weight excluding hydrogens is 244 g/mol. The van der Waals surface area contributed by atoms with E-state index in [-0.39, 0.29) is 24.4 Å². The Morgan fingerprint density at radius 3 is 3.00 bits per heavy atom. The van der Waals surface area contributed by atoms with Gasteiger partial charge in [-0.15, -0.1) is 23.7 Å². The van der Waals surface area contributed by atoms with Gasteiger partial charge in [0.15, 0.2) is 0 Å². The molecule has 2 N–H and O–H groups in total. The zero-order valence-corrected chi connectivity index (χ0v) is 11.1. The normalized spacial score (nSPS) is 20.9. The summed E-state index contributed by atoms with van der Waals surface area (Å²) in [5, 5.41) is 2.10. The van der Waals surface area contributed by atoms with E-state index in [0.717, 1.165) is 13.0 Å². The topological polar surface area (TPSA) is 46.3 Å². The maximum absolute atomic E-state index is 11.8. The maximum atomic E-state index is 11.8. The van der Waals surface area contributed by atoms with Crippen molar-refractivity contribution < 1.29 is 4.79 Å². The van der Waals surface area contributed by atoms with Crippen molar-refractivity contribution in [1.82, 2.24) is 4.90 Å². The predicted molar refractivity (Wildman–Crippen MR) is 69.0 cm³/mol. The SMILES string of the molecule is CC1c2ccsc2CCN1C(=O)[C@H](C)N.Cl. The molecule has 5 heteroatoms. The van der Waals surface area contributed by atoms with E-state index >= 15 is 0 Å². The molecule has 1 amide bonds. The van der Waals surface area contributed by atoms with Gasteiger partial charge in [0.05, 0.1) is 12.1 Å². The van der Waals surface area contributed by atoms with Crippen LogP contribution in [-0.2, 0) is 11.2 Å². The summed E-state index contributed by atoms with van der Waals surface area (Å²) in [5.74, 6) is 0.0550. The average Bonchev–Trinajstić information content (AvgIpc) is 2.66. The van der Waals surface area contributed by atoms with Crippen molar-refractivity contribution >= 4 is 29.7 Å². The molecule has 0 bridgehead atoms. The third-order valence-corrected chi connectivity index (χ3v) is 3.95. The number of hydrogen-bond acceptors (Lipinski definition) is 3. The molecular formula is C11H17ClN2OS. The Morgan fingerprint density at radius 2 is 2.38 bits per heavy atom. The first kappa shape index (κ1) is 13.5. The highest BCUT2D eigenvalue weighted by molar-refractivity contribution is 7.10. The molecule has 1 aliphatic rings. The van der Waals surface area contributed by atoms with E-state index in [1.807, 2.05) is 4.90 Å². The van der Waals surface area contributed by atoms with E-state index < -0.39 is 6.04 Å². The number of nitrogens with zero attached hydrogens (tertiary/aromatic N) is 1. The molecule has 0 aliphatic carbocycles. The Balaban J connectivity index is 0.00000128. The lowest BCUT2D eigenvalue weighted by atomic mass is 10.0. The number of carbonyl (C=O) groups excluding carboxylic acids is 1. The van der Waals surface area contributed by atoms with Crippen LogP contribution in [-0.4, -0.2) is 23.4 Å². The molecule has 1 aromatic rings. The number of amides is 1. The van der Waals surface area contributed by atoms with Crippen LogP contribution in [0.3, 0.4) is 0 Å². The summed E-state index contributed by atoms with van der Waals surface area (Å²) in [4.78, 5) is 15.1. The van der Waals surface area contributed by atoms with Gasteiger partial charge >= 0.3 is 0 Å². The lowest BCUT2D eigenvalue weighted by molar-refractivity contribution is -0.134. The van der Waals surface area contributed by atoms with Crippen molar-refractivity contribution in [3.8, 4) is 0 Å². The molecule has 0 fully saturated rings. The fourth-order valence-electron chi connectivity index (χ4n) is 2.07. The second-order valence-electron chi connectivity index (χ2n) is 4.05. The van der Waals surface area contributed by atoms with Gasteiger partial charge in [-0.1, -0.05) is 0 Å². The van der Waals surface area contributed by atoms with Gasteiger partial charge in [0.25, 0.3) is 0 Å². The van der Waals surface area contributed by atoms with E-state index in [4.69, 9.17) is 5.73 Å². The van der Waals surface area contributed by atoms with Gasteiger partial charge in [-0.25, -0.2) is 0 Å². The smallest absolute Gasteiger partial charge is 0.239 e. The summed E-state index contributed by atoms with van der Waals surface area (Å²) in [7, 11) is 0. The first-order valence-electron chi connectivity index (χ1n) is 5.23. The van der Waals surface area contributed by atoms with Crippen LogP contribution in [0.5, 0.6) is 0 Å². The van der Waals surface area contributed by atoms with Crippen molar-refractivity contribution in [2.24, 2.45) is 5.73 Å². The Labute approximate surface area is 106 Å². The monoisotopic (exact) mass is 260 g/mol. The molecule has 2 heterocycles. The zero-order chi connectivity index (χ0) is 11.0. The summed E-state index contributed by atoms with van der Waals surface area (Å²) in [6.45, 7) is 4.62. The van der Waals surface area contributed by atoms with Crippen LogP contribution >= 0.6 is 23.7 Å². The van der Waals surface area contributed by atoms with Crippen LogP contribution in [0.4, 0.5) is 0 Å². The quantitative estimate of drug-likeness (QED) is 0.839. The van der Waals surface area contributed by atoms with E-state index in [2.05, 4.69) is 18.4 Å². The molecule has 0 saturated carbocycles. The van der Waals surface area contributed by atoms with Crippen molar-refractivity contribution in [1.29, 1.82) is 0 Å². The number of halogens is 1. The lowest BCUT2D eigenvalue weighted by Crippen LogP contribution is -2.45. The van der Waals surface area contributed by atoms with Gasteiger partial charge in [-0.2, -0.15) is 0 Å². The first-order valence-corrected chi connectivity index (χ1v) is 6.11. The number of nitrogens with two attached hydrogens (primary N) is 1. The van der Waals surface area contributed by atoms with Crippen LogP contribution in [0.1, 0.15) is 30.3 Å². The summed E-state index contributed by atoms with van der Waals surface area (Å²) in [5.41, 5.74) is 6.93. The molecule has 2 atom stereocenters. The standard InChI is InChI=1S/C11H16N2OS.ClH/c1-7(12)11(14)13-5-3-10-9(8(13)2)4-6-15-10;/h4,6-8H,3,5,12H2,1-2H3;1H/t7-,8?;/m0./s1. The molecule has 2 rings (SSSR count). The van der Waals surface area contributed by atoms with Gasteiger partial charge in [-0.05, 0) is 37.3 Å². The van der Waals surface area contributed by atoms with Crippen molar-refractivity contribution in [3.63, 3.8) is 0 Å². The minimum absolute atomic E-state index is 0. The molecule has 0 aromatic carbocycles. The summed E-state index contributed by atoms with van der Waals surface area (Å²) in [6.07, 6.45) is 0.968. The summed E-state index contributed by atoms with van der Waals surface area (Å²) in [6, 6.07) is 1.90. The fraction of sp³-hybridized carbons (Fsp3) is 0.545. The largest absolute Gasteiger partial charge is 0.334 e. The Morgan fingerprint density at radius 1 is 1.69 bits per heavy atom. The molecule has 0 radical (unpaired) electrons. The van der Waals surface area contributed by atoms with E-state index in [0.29, 0.717) is 0 Å². The molecule has 3 nitrogen and oxygen atoms in total. The number of fused-ring (bicyclic) bond motifs is 1. The van der Waals surface area contributed by atoms with Gasteiger partial charge in [0.1, 0.15) is 0 Å². The highest BCUT2D eigenvalue weighted by Gasteiger charge is 2.29. The fourth-order valence-corrected chi connectivity index (χ4v) is 3.03. The van der Waals surface area contributed by atoms with E-state index in [1.165, 1.54) is 10.4 Å². The van der Waals surface area contributed by atoms with Crippen molar-refractivity contribution in [2.75, 3.05) is 6.54 Å². The second-order valence-corrected chi connectivity index (χ2v) is 5.05. The third kappa shape index (κ3) is 2.24. The van der Waals surface area contributed by atoms with Crippen LogP contribution < -0.4 is 5.73 Å². The minimum Gasteiger partial charge on any atom is -0.334 e. The highest BCUT2D eigenvalue weighted by Crippen LogP contribution is 2.32. The maximum Gasteiger partial charge on any atom is 0.239 e. The average molecular weight is 261 g/mol. The number of rotatable bonds is 1. The Hall–Kier alpha value is -0.580. The van der Waals surface area contributed by atoms with Crippen LogP contribution in [0.25, 0.3) is 0 Å². The van der Waals surface area contributed by atoms with Gasteiger partial charge in [0.2, 0.25) is 5.91 Å². The van der Waals surface area contributed by atoms with Crippen LogP contribution in [0, 0.1) is 0 Å². The minimum atomic E-state index is -0.396. The highest BCUT2D eigenvalue weighted by atomic mass is 35.5. The first-order chi connectivity index (χ1) is 7.11. The van der Waals surface area contributed by atoms with Crippen LogP contribution in [0.2, 0.25) is 0 Å². The molecule has 90 valence electrons. The van der Waals surface area contributed by atoms with E-state index in [1.54, 1.807) is 18.3 Å². The van der Waals surface area contributed by atoms with Gasteiger partial charge < -0.3 is 10.6 Å². The Kier molecular flexibility index (Phi) is 4.35. The van der Waals surface area contributed by atoms with Gasteiger partial charge in [-0.3, -0.25) is 4.79 Å². The van der Waals surface area contributed by atoms with Crippen molar-refractivity contribution in [2.45, 2.75) is 32.4 Å². The van der Waals surface area contributed by atoms with Gasteiger partial charge in [0, 0.05) is 11.4 Å². The molecule has 1 aliphatic heterocycles. The summed E-state index contributed by atoms with van der Waals surface area (Å²) < 4.78 is 0. The molecule has 16 heavy (non-hydrogen) atoms.